The van der Waals surface area contributed by atoms with E-state index in [1.165, 1.54) is 0 Å². The SMILES string of the molecule is COc1ccc(CNc2cc(C)cnn2)c(OC)c1. The van der Waals surface area contributed by atoms with E-state index in [9.17, 15) is 0 Å². The van der Waals surface area contributed by atoms with Gasteiger partial charge < -0.3 is 14.8 Å². The molecule has 1 aromatic carbocycles. The first kappa shape index (κ1) is 13.1. The summed E-state index contributed by atoms with van der Waals surface area (Å²) in [6, 6.07) is 7.68. The highest BCUT2D eigenvalue weighted by atomic mass is 16.5. The van der Waals surface area contributed by atoms with Crippen molar-refractivity contribution in [3.63, 3.8) is 0 Å². The van der Waals surface area contributed by atoms with Crippen LogP contribution in [-0.4, -0.2) is 24.4 Å². The summed E-state index contributed by atoms with van der Waals surface area (Å²) in [7, 11) is 3.28. The monoisotopic (exact) mass is 259 g/mol. The maximum absolute atomic E-state index is 5.34. The molecule has 1 heterocycles. The van der Waals surface area contributed by atoms with Crippen molar-refractivity contribution < 1.29 is 9.47 Å². The second kappa shape index (κ2) is 6.04. The number of hydrogen-bond donors (Lipinski definition) is 1. The highest BCUT2D eigenvalue weighted by molar-refractivity contribution is 5.44. The molecule has 0 saturated heterocycles. The van der Waals surface area contributed by atoms with Gasteiger partial charge in [-0.3, -0.25) is 0 Å². The highest BCUT2D eigenvalue weighted by Gasteiger charge is 2.05. The fourth-order valence-corrected chi connectivity index (χ4v) is 1.73. The Balaban J connectivity index is 2.11. The number of nitrogens with one attached hydrogen (secondary N) is 1. The number of anilines is 1. The van der Waals surface area contributed by atoms with Gasteiger partial charge in [-0.05, 0) is 30.7 Å². The Kier molecular flexibility index (Phi) is 4.18. The van der Waals surface area contributed by atoms with E-state index < -0.39 is 0 Å². The van der Waals surface area contributed by atoms with Crippen molar-refractivity contribution in [2.75, 3.05) is 19.5 Å². The lowest BCUT2D eigenvalue weighted by Crippen LogP contribution is -2.04. The predicted molar refractivity (Wildman–Crippen MR) is 73.6 cm³/mol. The molecule has 0 fully saturated rings. The van der Waals surface area contributed by atoms with Crippen LogP contribution in [0, 0.1) is 6.92 Å². The summed E-state index contributed by atoms with van der Waals surface area (Å²) in [4.78, 5) is 0. The van der Waals surface area contributed by atoms with Gasteiger partial charge in [0.15, 0.2) is 0 Å². The molecule has 0 amide bonds. The van der Waals surface area contributed by atoms with Gasteiger partial charge in [0.1, 0.15) is 17.3 Å². The number of benzene rings is 1. The molecule has 0 aliphatic rings. The molecule has 2 rings (SSSR count). The Morgan fingerprint density at radius 2 is 2.00 bits per heavy atom. The minimum absolute atomic E-state index is 0.616. The Bertz CT molecular complexity index is 558. The average Bonchev–Trinajstić information content (AvgIpc) is 2.45. The molecule has 1 N–H and O–H groups in total. The smallest absolute Gasteiger partial charge is 0.149 e. The van der Waals surface area contributed by atoms with Gasteiger partial charge in [0, 0.05) is 18.2 Å². The number of ether oxygens (including phenoxy) is 2. The predicted octanol–water partition coefficient (Wildman–Crippen LogP) is 2.41. The zero-order chi connectivity index (χ0) is 13.7. The molecule has 1 aromatic heterocycles. The van der Waals surface area contributed by atoms with Crippen LogP contribution in [0.3, 0.4) is 0 Å². The van der Waals surface area contributed by atoms with Crippen LogP contribution in [0.5, 0.6) is 11.5 Å². The second-order valence-corrected chi connectivity index (χ2v) is 4.15. The molecule has 0 aliphatic heterocycles. The van der Waals surface area contributed by atoms with E-state index >= 15 is 0 Å². The van der Waals surface area contributed by atoms with Gasteiger partial charge >= 0.3 is 0 Å². The van der Waals surface area contributed by atoms with Crippen molar-refractivity contribution in [1.29, 1.82) is 0 Å². The summed E-state index contributed by atoms with van der Waals surface area (Å²) in [5.41, 5.74) is 2.10. The van der Waals surface area contributed by atoms with Crippen LogP contribution >= 0.6 is 0 Å². The lowest BCUT2D eigenvalue weighted by Gasteiger charge is -2.11. The third-order valence-electron chi connectivity index (χ3n) is 2.75. The molecule has 19 heavy (non-hydrogen) atoms. The molecule has 0 bridgehead atoms. The number of methoxy groups -OCH3 is 2. The Labute approximate surface area is 112 Å². The first-order chi connectivity index (χ1) is 9.22. The molecule has 0 saturated carbocycles. The highest BCUT2D eigenvalue weighted by Crippen LogP contribution is 2.25. The van der Waals surface area contributed by atoms with Crippen molar-refractivity contribution in [2.45, 2.75) is 13.5 Å². The molecule has 100 valence electrons. The van der Waals surface area contributed by atoms with Crippen LogP contribution in [-0.2, 0) is 6.54 Å². The molecule has 5 nitrogen and oxygen atoms in total. The second-order valence-electron chi connectivity index (χ2n) is 4.15. The summed E-state index contributed by atoms with van der Waals surface area (Å²) in [6.07, 6.45) is 1.72. The first-order valence-corrected chi connectivity index (χ1v) is 5.97. The summed E-state index contributed by atoms with van der Waals surface area (Å²) in [5.74, 6) is 2.31. The maximum Gasteiger partial charge on any atom is 0.149 e. The minimum Gasteiger partial charge on any atom is -0.497 e. The molecule has 0 spiro atoms. The lowest BCUT2D eigenvalue weighted by molar-refractivity contribution is 0.391. The summed E-state index contributed by atoms with van der Waals surface area (Å²) in [5, 5.41) is 11.1. The van der Waals surface area contributed by atoms with Crippen LogP contribution in [0.25, 0.3) is 0 Å². The zero-order valence-electron chi connectivity index (χ0n) is 11.3. The van der Waals surface area contributed by atoms with E-state index in [1.807, 2.05) is 31.2 Å². The Hall–Kier alpha value is -2.30. The molecule has 0 atom stereocenters. The number of nitrogens with zero attached hydrogens (tertiary/aromatic N) is 2. The molecule has 5 heteroatoms. The standard InChI is InChI=1S/C14H17N3O2/c1-10-6-14(17-16-8-10)15-9-11-4-5-12(18-2)7-13(11)19-3/h4-8H,9H2,1-3H3,(H,15,17). The summed E-state index contributed by atoms with van der Waals surface area (Å²) in [6.45, 7) is 2.60. The van der Waals surface area contributed by atoms with E-state index in [0.29, 0.717) is 6.54 Å². The number of aromatic nitrogens is 2. The van der Waals surface area contributed by atoms with Gasteiger partial charge in [0.05, 0.1) is 20.4 Å². The van der Waals surface area contributed by atoms with Crippen LogP contribution in [0.1, 0.15) is 11.1 Å². The number of aryl methyl sites for hydroxylation is 1. The van der Waals surface area contributed by atoms with Crippen LogP contribution in [0.4, 0.5) is 5.82 Å². The van der Waals surface area contributed by atoms with E-state index in [4.69, 9.17) is 9.47 Å². The van der Waals surface area contributed by atoms with Crippen LogP contribution in [0.2, 0.25) is 0 Å². The van der Waals surface area contributed by atoms with Crippen molar-refractivity contribution in [3.8, 4) is 11.5 Å². The van der Waals surface area contributed by atoms with E-state index in [0.717, 1.165) is 28.4 Å². The van der Waals surface area contributed by atoms with E-state index in [1.54, 1.807) is 20.4 Å². The largest absolute Gasteiger partial charge is 0.497 e. The molecule has 0 aliphatic carbocycles. The minimum atomic E-state index is 0.616. The first-order valence-electron chi connectivity index (χ1n) is 5.97. The summed E-state index contributed by atoms with van der Waals surface area (Å²) < 4.78 is 10.5. The van der Waals surface area contributed by atoms with Gasteiger partial charge in [0.2, 0.25) is 0 Å². The zero-order valence-corrected chi connectivity index (χ0v) is 11.3. The van der Waals surface area contributed by atoms with Gasteiger partial charge in [-0.1, -0.05) is 0 Å². The van der Waals surface area contributed by atoms with E-state index in [-0.39, 0.29) is 0 Å². The Morgan fingerprint density at radius 1 is 1.16 bits per heavy atom. The molecule has 2 aromatic rings. The van der Waals surface area contributed by atoms with Gasteiger partial charge in [-0.15, -0.1) is 5.10 Å². The van der Waals surface area contributed by atoms with E-state index in [2.05, 4.69) is 15.5 Å². The topological polar surface area (TPSA) is 56.3 Å². The fraction of sp³-hybridized carbons (Fsp3) is 0.286. The van der Waals surface area contributed by atoms with Gasteiger partial charge in [-0.2, -0.15) is 5.10 Å². The third-order valence-corrected chi connectivity index (χ3v) is 2.75. The summed E-state index contributed by atoms with van der Waals surface area (Å²) >= 11 is 0. The fourth-order valence-electron chi connectivity index (χ4n) is 1.73. The average molecular weight is 259 g/mol. The third kappa shape index (κ3) is 3.34. The molecule has 0 unspecified atom stereocenters. The molecule has 0 radical (unpaired) electrons. The van der Waals surface area contributed by atoms with Crippen molar-refractivity contribution >= 4 is 5.82 Å². The van der Waals surface area contributed by atoms with Crippen molar-refractivity contribution in [2.24, 2.45) is 0 Å². The van der Waals surface area contributed by atoms with Crippen LogP contribution < -0.4 is 14.8 Å². The molecular formula is C14H17N3O2. The molecular weight excluding hydrogens is 242 g/mol. The van der Waals surface area contributed by atoms with Gasteiger partial charge in [0.25, 0.3) is 0 Å². The quantitative estimate of drug-likeness (QED) is 0.893. The lowest BCUT2D eigenvalue weighted by atomic mass is 10.2. The maximum atomic E-state index is 5.34. The number of hydrogen-bond acceptors (Lipinski definition) is 5. The number of rotatable bonds is 5. The Morgan fingerprint density at radius 3 is 2.68 bits per heavy atom. The van der Waals surface area contributed by atoms with Crippen molar-refractivity contribution in [1.82, 2.24) is 10.2 Å². The van der Waals surface area contributed by atoms with Crippen molar-refractivity contribution in [3.05, 3.63) is 41.6 Å². The van der Waals surface area contributed by atoms with Gasteiger partial charge in [-0.25, -0.2) is 0 Å². The van der Waals surface area contributed by atoms with Crippen LogP contribution in [0.15, 0.2) is 30.5 Å². The normalized spacial score (nSPS) is 10.1.